The van der Waals surface area contributed by atoms with E-state index in [2.05, 4.69) is 26.8 Å². The number of hydrogen-bond acceptors (Lipinski definition) is 5. The quantitative estimate of drug-likeness (QED) is 0.653. The summed E-state index contributed by atoms with van der Waals surface area (Å²) in [5.41, 5.74) is 1.96. The number of carboxylic acids is 2. The van der Waals surface area contributed by atoms with Gasteiger partial charge in [0, 0.05) is 43.8 Å². The molecule has 7 nitrogen and oxygen atoms in total. The van der Waals surface area contributed by atoms with E-state index in [0.29, 0.717) is 6.04 Å². The molecule has 4 rings (SSSR count). The fourth-order valence-corrected chi connectivity index (χ4v) is 4.54. The molecule has 0 unspecified atom stereocenters. The third-order valence-electron chi connectivity index (χ3n) is 6.12. The number of carboxylic acid groups (broad SMARTS) is 2. The Hall–Kier alpha value is -2.68. The number of nitrogens with zero attached hydrogens (tertiary/aromatic N) is 3. The molecule has 2 aliphatic rings. The molecule has 2 saturated heterocycles. The lowest BCUT2D eigenvalue weighted by Gasteiger charge is -2.43. The standard InChI is InChI=1S/C22H27ClFN3.C2H2O4/c23-20-6-2-1-5-18(20)17-25-11-9-19(10-12-25)26-13-15-27(16-14-26)22-8-4-3-7-21(22)24;3-1(4)2(5)6/h1-8,19H,9-17H2;(H,3,4)(H,5,6). The van der Waals surface area contributed by atoms with Gasteiger partial charge in [0.1, 0.15) is 5.82 Å². The van der Waals surface area contributed by atoms with Crippen molar-refractivity contribution >= 4 is 29.2 Å². The molecule has 0 amide bonds. The molecule has 2 heterocycles. The fourth-order valence-electron chi connectivity index (χ4n) is 4.35. The molecule has 178 valence electrons. The van der Waals surface area contributed by atoms with E-state index in [4.69, 9.17) is 31.4 Å². The average Bonchev–Trinajstić information content (AvgIpc) is 2.82. The van der Waals surface area contributed by atoms with Gasteiger partial charge in [0.15, 0.2) is 0 Å². The van der Waals surface area contributed by atoms with E-state index in [1.54, 1.807) is 12.1 Å². The van der Waals surface area contributed by atoms with Crippen LogP contribution in [0, 0.1) is 5.82 Å². The lowest BCUT2D eigenvalue weighted by molar-refractivity contribution is -0.159. The largest absolute Gasteiger partial charge is 0.473 e. The van der Waals surface area contributed by atoms with E-state index in [1.165, 1.54) is 18.4 Å². The minimum atomic E-state index is -1.82. The van der Waals surface area contributed by atoms with E-state index in [-0.39, 0.29) is 5.82 Å². The summed E-state index contributed by atoms with van der Waals surface area (Å²) in [4.78, 5) is 25.5. The number of piperidine rings is 1. The fraction of sp³-hybridized carbons (Fsp3) is 0.417. The predicted molar refractivity (Wildman–Crippen MR) is 125 cm³/mol. The Bertz CT molecular complexity index is 933. The first-order chi connectivity index (χ1) is 15.8. The zero-order chi connectivity index (χ0) is 23.8. The Balaban J connectivity index is 0.000000454. The molecule has 2 aliphatic heterocycles. The molecule has 2 N–H and O–H groups in total. The van der Waals surface area contributed by atoms with Crippen molar-refractivity contribution in [3.63, 3.8) is 0 Å². The number of hydrogen-bond donors (Lipinski definition) is 2. The first-order valence-electron chi connectivity index (χ1n) is 11.0. The van der Waals surface area contributed by atoms with Crippen molar-refractivity contribution in [2.45, 2.75) is 25.4 Å². The number of piperazine rings is 1. The lowest BCUT2D eigenvalue weighted by Crippen LogP contribution is -2.53. The van der Waals surface area contributed by atoms with Crippen LogP contribution >= 0.6 is 11.6 Å². The van der Waals surface area contributed by atoms with Gasteiger partial charge in [-0.05, 0) is 49.7 Å². The number of rotatable bonds is 4. The second-order valence-corrected chi connectivity index (χ2v) is 8.59. The van der Waals surface area contributed by atoms with E-state index >= 15 is 0 Å². The number of aliphatic carboxylic acids is 2. The molecule has 0 bridgehead atoms. The van der Waals surface area contributed by atoms with Crippen molar-refractivity contribution < 1.29 is 24.2 Å². The van der Waals surface area contributed by atoms with Gasteiger partial charge >= 0.3 is 11.9 Å². The molecule has 33 heavy (non-hydrogen) atoms. The van der Waals surface area contributed by atoms with Gasteiger partial charge < -0.3 is 15.1 Å². The molecule has 2 aromatic rings. The zero-order valence-electron chi connectivity index (χ0n) is 18.4. The summed E-state index contributed by atoms with van der Waals surface area (Å²) in [5.74, 6) is -3.76. The van der Waals surface area contributed by atoms with Crippen LogP contribution in [0.25, 0.3) is 0 Å². The van der Waals surface area contributed by atoms with Crippen LogP contribution in [0.5, 0.6) is 0 Å². The van der Waals surface area contributed by atoms with Crippen LogP contribution in [0.15, 0.2) is 48.5 Å². The van der Waals surface area contributed by atoms with Crippen molar-refractivity contribution in [3.8, 4) is 0 Å². The van der Waals surface area contributed by atoms with E-state index in [1.807, 2.05) is 24.3 Å². The summed E-state index contributed by atoms with van der Waals surface area (Å²) >= 11 is 6.30. The first kappa shape index (κ1) is 25.0. The van der Waals surface area contributed by atoms with E-state index < -0.39 is 11.9 Å². The van der Waals surface area contributed by atoms with Crippen LogP contribution in [0.3, 0.4) is 0 Å². The van der Waals surface area contributed by atoms with Crippen molar-refractivity contribution in [1.82, 2.24) is 9.80 Å². The summed E-state index contributed by atoms with van der Waals surface area (Å²) in [5, 5.41) is 15.6. The topological polar surface area (TPSA) is 84.3 Å². The number of likely N-dealkylation sites (tertiary alicyclic amines) is 1. The summed E-state index contributed by atoms with van der Waals surface area (Å²) in [7, 11) is 0. The molecule has 2 fully saturated rings. The maximum atomic E-state index is 14.0. The highest BCUT2D eigenvalue weighted by molar-refractivity contribution is 6.31. The van der Waals surface area contributed by atoms with Crippen LogP contribution in [0.2, 0.25) is 5.02 Å². The Morgan fingerprint density at radius 1 is 0.879 bits per heavy atom. The first-order valence-corrected chi connectivity index (χ1v) is 11.4. The molecule has 0 saturated carbocycles. The maximum absolute atomic E-state index is 14.0. The third-order valence-corrected chi connectivity index (χ3v) is 6.48. The molecule has 0 aliphatic carbocycles. The Labute approximate surface area is 198 Å². The Kier molecular flexibility index (Phi) is 9.05. The summed E-state index contributed by atoms with van der Waals surface area (Å²) < 4.78 is 14.0. The van der Waals surface area contributed by atoms with Crippen LogP contribution in [-0.2, 0) is 16.1 Å². The second-order valence-electron chi connectivity index (χ2n) is 8.18. The normalized spacial score (nSPS) is 17.8. The van der Waals surface area contributed by atoms with Crippen LogP contribution in [0.4, 0.5) is 10.1 Å². The molecule has 2 aromatic carbocycles. The lowest BCUT2D eigenvalue weighted by atomic mass is 10.0. The molecule has 9 heteroatoms. The van der Waals surface area contributed by atoms with E-state index in [9.17, 15) is 4.39 Å². The summed E-state index contributed by atoms with van der Waals surface area (Å²) in [6, 6.07) is 15.9. The molecule has 0 aromatic heterocycles. The van der Waals surface area contributed by atoms with Crippen LogP contribution < -0.4 is 4.90 Å². The number of benzene rings is 2. The van der Waals surface area contributed by atoms with Gasteiger partial charge in [0.05, 0.1) is 5.69 Å². The van der Waals surface area contributed by atoms with Crippen LogP contribution in [-0.4, -0.2) is 77.3 Å². The van der Waals surface area contributed by atoms with E-state index in [0.717, 1.165) is 56.5 Å². The van der Waals surface area contributed by atoms with Gasteiger partial charge in [-0.1, -0.05) is 41.9 Å². The van der Waals surface area contributed by atoms with Gasteiger partial charge in [0.2, 0.25) is 0 Å². The van der Waals surface area contributed by atoms with Gasteiger partial charge in [0.25, 0.3) is 0 Å². The second kappa shape index (κ2) is 12.0. The SMILES string of the molecule is Fc1ccccc1N1CCN(C2CCN(Cc3ccccc3Cl)CC2)CC1.O=C(O)C(=O)O. The Morgan fingerprint density at radius 2 is 1.45 bits per heavy atom. The van der Waals surface area contributed by atoms with Crippen molar-refractivity contribution in [3.05, 3.63) is 64.9 Å². The summed E-state index contributed by atoms with van der Waals surface area (Å²) in [6.45, 7) is 7.01. The van der Waals surface area contributed by atoms with Crippen LogP contribution in [0.1, 0.15) is 18.4 Å². The number of carbonyl (C=O) groups is 2. The molecular weight excluding hydrogens is 449 g/mol. The summed E-state index contributed by atoms with van der Waals surface area (Å²) in [6.07, 6.45) is 2.40. The Morgan fingerprint density at radius 3 is 2.03 bits per heavy atom. The number of anilines is 1. The molecular formula is C24H29ClFN3O4. The van der Waals surface area contributed by atoms with Crippen molar-refractivity contribution in [2.24, 2.45) is 0 Å². The highest BCUT2D eigenvalue weighted by atomic mass is 35.5. The van der Waals surface area contributed by atoms with Crippen molar-refractivity contribution in [2.75, 3.05) is 44.2 Å². The minimum Gasteiger partial charge on any atom is -0.473 e. The highest BCUT2D eigenvalue weighted by Crippen LogP contribution is 2.25. The number of halogens is 2. The third kappa shape index (κ3) is 7.15. The predicted octanol–water partition coefficient (Wildman–Crippen LogP) is 3.42. The molecule has 0 spiro atoms. The highest BCUT2D eigenvalue weighted by Gasteiger charge is 2.28. The smallest absolute Gasteiger partial charge is 0.414 e. The zero-order valence-corrected chi connectivity index (χ0v) is 19.1. The monoisotopic (exact) mass is 477 g/mol. The van der Waals surface area contributed by atoms with Gasteiger partial charge in [-0.25, -0.2) is 14.0 Å². The number of para-hydroxylation sites is 1. The van der Waals surface area contributed by atoms with Gasteiger partial charge in [-0.2, -0.15) is 0 Å². The van der Waals surface area contributed by atoms with Gasteiger partial charge in [-0.15, -0.1) is 0 Å². The molecule has 0 atom stereocenters. The minimum absolute atomic E-state index is 0.112. The average molecular weight is 478 g/mol. The van der Waals surface area contributed by atoms with Crippen molar-refractivity contribution in [1.29, 1.82) is 0 Å². The maximum Gasteiger partial charge on any atom is 0.414 e. The van der Waals surface area contributed by atoms with Gasteiger partial charge in [-0.3, -0.25) is 9.80 Å². The molecule has 0 radical (unpaired) electrons.